The minimum Gasteiger partial charge on any atom is -0.381 e. The first-order valence-corrected chi connectivity index (χ1v) is 5.95. The van der Waals surface area contributed by atoms with E-state index < -0.39 is 15.6 Å². The fourth-order valence-corrected chi connectivity index (χ4v) is 2.06. The summed E-state index contributed by atoms with van der Waals surface area (Å²) in [7, 11) is -5.45. The van der Waals surface area contributed by atoms with Crippen LogP contribution in [0.2, 0.25) is 0 Å². The molecule has 0 aliphatic heterocycles. The van der Waals surface area contributed by atoms with Gasteiger partial charge in [-0.3, -0.25) is 0 Å². The average Bonchev–Trinajstić information content (AvgIpc) is 2.80. The Balaban J connectivity index is 2.13. The van der Waals surface area contributed by atoms with Gasteiger partial charge in [-0.05, 0) is 30.8 Å². The van der Waals surface area contributed by atoms with Crippen molar-refractivity contribution in [1.82, 2.24) is 0 Å². The Kier molecular flexibility index (Phi) is 2.25. The van der Waals surface area contributed by atoms with E-state index >= 15 is 0 Å². The molecular weight excluding hydrogens is 233 g/mol. The van der Waals surface area contributed by atoms with Crippen molar-refractivity contribution in [2.45, 2.75) is 31.2 Å². The van der Waals surface area contributed by atoms with E-state index in [2.05, 4.69) is 4.18 Å². The van der Waals surface area contributed by atoms with Crippen molar-refractivity contribution in [3.63, 3.8) is 0 Å². The third-order valence-corrected chi connectivity index (χ3v) is 3.53. The van der Waals surface area contributed by atoms with Gasteiger partial charge in [0.15, 0.2) is 0 Å². The van der Waals surface area contributed by atoms with E-state index in [1.807, 2.05) is 0 Å². The summed E-state index contributed by atoms with van der Waals surface area (Å²) in [6, 6.07) is 0. The Morgan fingerprint density at radius 1 is 1.20 bits per heavy atom. The van der Waals surface area contributed by atoms with Gasteiger partial charge in [0.05, 0.1) is 0 Å². The van der Waals surface area contributed by atoms with Crippen LogP contribution < -0.4 is 0 Å². The second-order valence-corrected chi connectivity index (χ2v) is 5.24. The molecule has 0 aromatic rings. The molecule has 15 heavy (non-hydrogen) atoms. The van der Waals surface area contributed by atoms with Gasteiger partial charge in [0.1, 0.15) is 5.76 Å². The molecular formula is C8H9F3O3S. The summed E-state index contributed by atoms with van der Waals surface area (Å²) < 4.78 is 61.3. The molecule has 86 valence electrons. The third-order valence-electron chi connectivity index (χ3n) is 2.54. The number of hydrogen-bond donors (Lipinski definition) is 0. The zero-order chi connectivity index (χ0) is 11.3. The van der Waals surface area contributed by atoms with Gasteiger partial charge < -0.3 is 4.18 Å². The number of allylic oxidation sites excluding steroid dienone is 2. The largest absolute Gasteiger partial charge is 0.534 e. The van der Waals surface area contributed by atoms with Crippen molar-refractivity contribution in [3.05, 3.63) is 11.3 Å². The second-order valence-electron chi connectivity index (χ2n) is 3.71. The molecule has 0 heterocycles. The van der Waals surface area contributed by atoms with Gasteiger partial charge in [0.25, 0.3) is 0 Å². The lowest BCUT2D eigenvalue weighted by Crippen LogP contribution is -2.27. The lowest BCUT2D eigenvalue weighted by Gasteiger charge is -2.23. The molecule has 0 radical (unpaired) electrons. The van der Waals surface area contributed by atoms with Crippen LogP contribution in [0.1, 0.15) is 25.7 Å². The Morgan fingerprint density at radius 2 is 1.80 bits per heavy atom. The summed E-state index contributed by atoms with van der Waals surface area (Å²) in [5, 5.41) is 0. The quantitative estimate of drug-likeness (QED) is 0.563. The first kappa shape index (κ1) is 10.8. The number of hydrogen-bond acceptors (Lipinski definition) is 3. The molecule has 1 saturated carbocycles. The lowest BCUT2D eigenvalue weighted by atomic mass is 9.92. The molecule has 0 spiro atoms. The molecule has 0 N–H and O–H groups in total. The molecule has 0 amide bonds. The zero-order valence-electron chi connectivity index (χ0n) is 7.67. The lowest BCUT2D eigenvalue weighted by molar-refractivity contribution is -0.0526. The van der Waals surface area contributed by atoms with Gasteiger partial charge in [0, 0.05) is 6.42 Å². The van der Waals surface area contributed by atoms with Crippen molar-refractivity contribution >= 4 is 10.1 Å². The van der Waals surface area contributed by atoms with Crippen LogP contribution in [0.15, 0.2) is 11.3 Å². The molecule has 2 aliphatic rings. The zero-order valence-corrected chi connectivity index (χ0v) is 8.49. The first-order chi connectivity index (χ1) is 6.81. The molecule has 7 heteroatoms. The molecule has 1 fully saturated rings. The van der Waals surface area contributed by atoms with E-state index in [1.165, 1.54) is 0 Å². The van der Waals surface area contributed by atoms with Crippen molar-refractivity contribution in [2.24, 2.45) is 5.92 Å². The minimum absolute atomic E-state index is 0.00910. The van der Waals surface area contributed by atoms with Crippen LogP contribution in [0.4, 0.5) is 13.2 Å². The maximum atomic E-state index is 12.0. The number of halogens is 3. The monoisotopic (exact) mass is 242 g/mol. The van der Waals surface area contributed by atoms with Gasteiger partial charge in [-0.15, -0.1) is 0 Å². The summed E-state index contributed by atoms with van der Waals surface area (Å²) in [4.78, 5) is 0. The van der Waals surface area contributed by atoms with Crippen LogP contribution in [-0.4, -0.2) is 13.9 Å². The summed E-state index contributed by atoms with van der Waals surface area (Å²) >= 11 is 0. The SMILES string of the molecule is O=S(=O)(OC1=C(C2CC2)CC1)C(F)(F)F. The second kappa shape index (κ2) is 3.13. The average molecular weight is 242 g/mol. The highest BCUT2D eigenvalue weighted by Crippen LogP contribution is 2.47. The Hall–Kier alpha value is -0.720. The minimum atomic E-state index is -5.45. The van der Waals surface area contributed by atoms with E-state index in [0.29, 0.717) is 12.8 Å². The number of alkyl halides is 3. The molecule has 2 rings (SSSR count). The molecule has 0 atom stereocenters. The highest BCUT2D eigenvalue weighted by Gasteiger charge is 2.50. The highest BCUT2D eigenvalue weighted by molar-refractivity contribution is 7.87. The topological polar surface area (TPSA) is 43.4 Å². The van der Waals surface area contributed by atoms with Crippen molar-refractivity contribution in [3.8, 4) is 0 Å². The molecule has 0 bridgehead atoms. The van der Waals surface area contributed by atoms with E-state index in [9.17, 15) is 21.6 Å². The first-order valence-electron chi connectivity index (χ1n) is 4.54. The van der Waals surface area contributed by atoms with Crippen LogP contribution in [0.3, 0.4) is 0 Å². The van der Waals surface area contributed by atoms with Crippen molar-refractivity contribution in [1.29, 1.82) is 0 Å². The molecule has 0 saturated heterocycles. The number of rotatable bonds is 3. The Bertz CT molecular complexity index is 403. The Morgan fingerprint density at radius 3 is 2.13 bits per heavy atom. The van der Waals surface area contributed by atoms with Gasteiger partial charge in [-0.1, -0.05) is 0 Å². The maximum Gasteiger partial charge on any atom is 0.534 e. The predicted octanol–water partition coefficient (Wildman–Crippen LogP) is 2.31. The summed E-state index contributed by atoms with van der Waals surface area (Å²) in [6.45, 7) is 0. The van der Waals surface area contributed by atoms with Crippen LogP contribution in [-0.2, 0) is 14.3 Å². The van der Waals surface area contributed by atoms with E-state index in [0.717, 1.165) is 18.4 Å². The maximum absolute atomic E-state index is 12.0. The molecule has 2 aliphatic carbocycles. The fourth-order valence-electron chi connectivity index (χ4n) is 1.51. The molecule has 0 unspecified atom stereocenters. The van der Waals surface area contributed by atoms with Crippen LogP contribution >= 0.6 is 0 Å². The van der Waals surface area contributed by atoms with E-state index in [4.69, 9.17) is 0 Å². The van der Waals surface area contributed by atoms with Gasteiger partial charge in [-0.2, -0.15) is 21.6 Å². The van der Waals surface area contributed by atoms with Crippen LogP contribution in [0, 0.1) is 5.92 Å². The van der Waals surface area contributed by atoms with Crippen LogP contribution in [0.5, 0.6) is 0 Å². The fraction of sp³-hybridized carbons (Fsp3) is 0.750. The third kappa shape index (κ3) is 1.97. The van der Waals surface area contributed by atoms with Crippen LogP contribution in [0.25, 0.3) is 0 Å². The van der Waals surface area contributed by atoms with Crippen molar-refractivity contribution < 1.29 is 25.8 Å². The van der Waals surface area contributed by atoms with Crippen molar-refractivity contribution in [2.75, 3.05) is 0 Å². The van der Waals surface area contributed by atoms with E-state index in [1.54, 1.807) is 0 Å². The molecule has 0 aromatic carbocycles. The summed E-state index contributed by atoms with van der Waals surface area (Å²) in [6.07, 6.45) is 2.80. The molecule has 3 nitrogen and oxygen atoms in total. The summed E-state index contributed by atoms with van der Waals surface area (Å²) in [5.41, 5.74) is -4.58. The smallest absolute Gasteiger partial charge is 0.381 e. The van der Waals surface area contributed by atoms with Gasteiger partial charge in [-0.25, -0.2) is 0 Å². The van der Waals surface area contributed by atoms with Gasteiger partial charge in [0.2, 0.25) is 0 Å². The molecule has 0 aromatic heterocycles. The Labute approximate surface area is 85.0 Å². The summed E-state index contributed by atoms with van der Waals surface area (Å²) in [5.74, 6) is 0.270. The highest BCUT2D eigenvalue weighted by atomic mass is 32.2. The van der Waals surface area contributed by atoms with E-state index in [-0.39, 0.29) is 11.7 Å². The predicted molar refractivity (Wildman–Crippen MR) is 45.0 cm³/mol. The normalized spacial score (nSPS) is 22.6. The standard InChI is InChI=1S/C8H9F3O3S/c9-8(10,11)15(12,13)14-7-4-3-6(7)5-1-2-5/h5H,1-4H2. The van der Waals surface area contributed by atoms with Gasteiger partial charge >= 0.3 is 15.6 Å².